The fourth-order valence-electron chi connectivity index (χ4n) is 2.08. The smallest absolute Gasteiger partial charge is 0.323 e. The van der Waals surface area contributed by atoms with Crippen LogP contribution in [0.2, 0.25) is 5.02 Å². The summed E-state index contributed by atoms with van der Waals surface area (Å²) in [5, 5.41) is 6.02. The fraction of sp³-hybridized carbons (Fsp3) is 0. The zero-order valence-electron chi connectivity index (χ0n) is 13.5. The molecule has 0 aliphatic heterocycles. The van der Waals surface area contributed by atoms with Gasteiger partial charge in [-0.25, -0.2) is 14.8 Å². The second-order valence-electron chi connectivity index (χ2n) is 5.25. The molecular weight excluding hydrogens is 350 g/mol. The maximum Gasteiger partial charge on any atom is 0.323 e. The van der Waals surface area contributed by atoms with E-state index in [9.17, 15) is 4.79 Å². The van der Waals surface area contributed by atoms with E-state index in [1.807, 2.05) is 6.07 Å². The average Bonchev–Trinajstić information content (AvgIpc) is 2.61. The lowest BCUT2D eigenvalue weighted by Gasteiger charge is -2.08. The highest BCUT2D eigenvalue weighted by Gasteiger charge is 2.03. The third kappa shape index (κ3) is 4.97. The molecule has 0 atom stereocenters. The van der Waals surface area contributed by atoms with Gasteiger partial charge >= 0.3 is 6.03 Å². The zero-order valence-corrected chi connectivity index (χ0v) is 14.3. The van der Waals surface area contributed by atoms with Crippen LogP contribution in [-0.4, -0.2) is 16.0 Å². The minimum atomic E-state index is -0.371. The number of nitrogens with zero attached hydrogens (tertiary/aromatic N) is 2. The Morgan fingerprint density at radius 3 is 2.23 bits per heavy atom. The highest BCUT2D eigenvalue weighted by Crippen LogP contribution is 2.16. The van der Waals surface area contributed by atoms with Crippen LogP contribution in [0.15, 0.2) is 60.9 Å². The van der Waals surface area contributed by atoms with Gasteiger partial charge in [-0.1, -0.05) is 35.6 Å². The Kier molecular flexibility index (Phi) is 5.32. The summed E-state index contributed by atoms with van der Waals surface area (Å²) < 4.78 is 0. The molecule has 0 fully saturated rings. The highest BCUT2D eigenvalue weighted by atomic mass is 35.5. The Morgan fingerprint density at radius 1 is 0.923 bits per heavy atom. The van der Waals surface area contributed by atoms with Crippen LogP contribution in [0.4, 0.5) is 22.1 Å². The molecule has 0 saturated heterocycles. The molecule has 1 heterocycles. The molecule has 128 valence electrons. The number of carbonyl (C=O) groups is 1. The molecule has 3 rings (SSSR count). The van der Waals surface area contributed by atoms with Crippen LogP contribution in [0, 0.1) is 11.8 Å². The largest absolute Gasteiger partial charge is 0.368 e. The van der Waals surface area contributed by atoms with Crippen LogP contribution >= 0.6 is 11.6 Å². The second-order valence-corrected chi connectivity index (χ2v) is 5.69. The number of nitrogens with one attached hydrogen (secondary N) is 2. The Labute approximate surface area is 155 Å². The van der Waals surface area contributed by atoms with Gasteiger partial charge in [0.2, 0.25) is 5.95 Å². The van der Waals surface area contributed by atoms with Crippen molar-refractivity contribution in [2.45, 2.75) is 0 Å². The van der Waals surface area contributed by atoms with Crippen LogP contribution in [0.25, 0.3) is 0 Å². The number of rotatable bonds is 2. The number of aromatic nitrogens is 2. The summed E-state index contributed by atoms with van der Waals surface area (Å²) >= 11 is 5.90. The molecule has 7 heteroatoms. The van der Waals surface area contributed by atoms with Crippen molar-refractivity contribution in [2.24, 2.45) is 0 Å². The number of hydrogen-bond acceptors (Lipinski definition) is 4. The van der Waals surface area contributed by atoms with E-state index in [4.69, 9.17) is 17.3 Å². The lowest BCUT2D eigenvalue weighted by atomic mass is 10.2. The highest BCUT2D eigenvalue weighted by molar-refractivity contribution is 6.30. The average molecular weight is 364 g/mol. The van der Waals surface area contributed by atoms with Gasteiger partial charge in [0.1, 0.15) is 0 Å². The molecule has 26 heavy (non-hydrogen) atoms. The first-order chi connectivity index (χ1) is 12.6. The Morgan fingerprint density at radius 2 is 1.54 bits per heavy atom. The normalized spacial score (nSPS) is 9.73. The van der Waals surface area contributed by atoms with E-state index in [2.05, 4.69) is 32.4 Å². The van der Waals surface area contributed by atoms with Gasteiger partial charge in [-0.2, -0.15) is 0 Å². The number of halogens is 1. The first-order valence-corrected chi connectivity index (χ1v) is 7.99. The Bertz CT molecular complexity index is 993. The van der Waals surface area contributed by atoms with E-state index < -0.39 is 0 Å². The number of hydrogen-bond donors (Lipinski definition) is 3. The van der Waals surface area contributed by atoms with Crippen LogP contribution < -0.4 is 16.4 Å². The van der Waals surface area contributed by atoms with Crippen molar-refractivity contribution in [3.63, 3.8) is 0 Å². The van der Waals surface area contributed by atoms with Crippen molar-refractivity contribution < 1.29 is 4.79 Å². The molecule has 2 amide bonds. The summed E-state index contributed by atoms with van der Waals surface area (Å²) in [6.07, 6.45) is 3.10. The van der Waals surface area contributed by atoms with Crippen molar-refractivity contribution in [3.05, 3.63) is 77.1 Å². The van der Waals surface area contributed by atoms with Gasteiger partial charge in [0.25, 0.3) is 0 Å². The molecule has 0 bridgehead atoms. The van der Waals surface area contributed by atoms with Crippen molar-refractivity contribution in [1.82, 2.24) is 9.97 Å². The number of benzene rings is 2. The van der Waals surface area contributed by atoms with Gasteiger partial charge in [0.15, 0.2) is 0 Å². The van der Waals surface area contributed by atoms with Crippen molar-refractivity contribution in [2.75, 3.05) is 16.4 Å². The predicted octanol–water partition coefficient (Wildman–Crippen LogP) is 3.76. The molecule has 4 N–H and O–H groups in total. The summed E-state index contributed by atoms with van der Waals surface area (Å²) in [7, 11) is 0. The molecule has 3 aromatic rings. The molecule has 6 nitrogen and oxygen atoms in total. The third-order valence-corrected chi connectivity index (χ3v) is 3.46. The van der Waals surface area contributed by atoms with Gasteiger partial charge in [-0.3, -0.25) is 0 Å². The van der Waals surface area contributed by atoms with E-state index in [1.54, 1.807) is 54.9 Å². The van der Waals surface area contributed by atoms with Crippen molar-refractivity contribution >= 4 is 35.0 Å². The molecule has 0 saturated carbocycles. The maximum absolute atomic E-state index is 12.1. The third-order valence-electron chi connectivity index (χ3n) is 3.23. The van der Waals surface area contributed by atoms with Gasteiger partial charge in [-0.05, 0) is 36.4 Å². The van der Waals surface area contributed by atoms with E-state index in [1.165, 1.54) is 0 Å². The van der Waals surface area contributed by atoms with E-state index >= 15 is 0 Å². The lowest BCUT2D eigenvalue weighted by molar-refractivity contribution is 0.262. The molecule has 0 aliphatic rings. The minimum Gasteiger partial charge on any atom is -0.368 e. The summed E-state index contributed by atoms with van der Waals surface area (Å²) in [5.41, 5.74) is 8.05. The number of nitrogen functional groups attached to an aromatic ring is 1. The van der Waals surface area contributed by atoms with Crippen LogP contribution in [0.1, 0.15) is 11.1 Å². The number of amides is 2. The van der Waals surface area contributed by atoms with Crippen LogP contribution in [0.5, 0.6) is 0 Å². The zero-order chi connectivity index (χ0) is 18.4. The predicted molar refractivity (Wildman–Crippen MR) is 103 cm³/mol. The van der Waals surface area contributed by atoms with Gasteiger partial charge in [-0.15, -0.1) is 0 Å². The van der Waals surface area contributed by atoms with Gasteiger partial charge in [0, 0.05) is 34.4 Å². The van der Waals surface area contributed by atoms with Crippen LogP contribution in [-0.2, 0) is 0 Å². The lowest BCUT2D eigenvalue weighted by Crippen LogP contribution is -2.19. The maximum atomic E-state index is 12.1. The number of nitrogens with two attached hydrogens (primary N) is 1. The minimum absolute atomic E-state index is 0.201. The Balaban J connectivity index is 1.67. The van der Waals surface area contributed by atoms with Gasteiger partial charge < -0.3 is 16.4 Å². The van der Waals surface area contributed by atoms with Gasteiger partial charge in [0.05, 0.1) is 5.56 Å². The van der Waals surface area contributed by atoms with Crippen molar-refractivity contribution in [3.8, 4) is 11.8 Å². The summed E-state index contributed by atoms with van der Waals surface area (Å²) in [5.74, 6) is 6.13. The summed E-state index contributed by atoms with van der Waals surface area (Å²) in [4.78, 5) is 19.9. The van der Waals surface area contributed by atoms with E-state index in [0.717, 1.165) is 5.56 Å². The fourth-order valence-corrected chi connectivity index (χ4v) is 2.27. The Hall–Kier alpha value is -3.56. The molecular formula is C19H14ClN5O. The quantitative estimate of drug-likeness (QED) is 0.604. The second kappa shape index (κ2) is 8.01. The first kappa shape index (κ1) is 17.3. The molecule has 0 unspecified atom stereocenters. The summed E-state index contributed by atoms with van der Waals surface area (Å²) in [6, 6.07) is 13.7. The van der Waals surface area contributed by atoms with E-state index in [-0.39, 0.29) is 12.0 Å². The number of urea groups is 1. The SMILES string of the molecule is Nc1ncc(C#Cc2cccc(NC(=O)Nc3cccc(Cl)c3)c2)cn1. The molecule has 0 aliphatic carbocycles. The molecule has 0 spiro atoms. The number of carbonyl (C=O) groups excluding carboxylic acids is 1. The summed E-state index contributed by atoms with van der Waals surface area (Å²) in [6.45, 7) is 0. The van der Waals surface area contributed by atoms with E-state index in [0.29, 0.717) is 22.0 Å². The first-order valence-electron chi connectivity index (χ1n) is 7.62. The standard InChI is InChI=1S/C19H14ClN5O/c20-15-4-2-6-17(10-15)25-19(26)24-16-5-1-3-13(9-16)7-8-14-11-22-18(21)23-12-14/h1-6,9-12H,(H2,21,22,23)(H2,24,25,26). The molecule has 0 radical (unpaired) electrons. The monoisotopic (exact) mass is 363 g/mol. The number of anilines is 3. The van der Waals surface area contributed by atoms with Crippen molar-refractivity contribution in [1.29, 1.82) is 0 Å². The molecule has 1 aromatic heterocycles. The van der Waals surface area contributed by atoms with Crippen LogP contribution in [0.3, 0.4) is 0 Å². The molecule has 2 aromatic carbocycles. The topological polar surface area (TPSA) is 92.9 Å².